The van der Waals surface area contributed by atoms with E-state index >= 15 is 0 Å². The molecule has 8 heteroatoms. The molecule has 0 fully saturated rings. The zero-order chi connectivity index (χ0) is 17.6. The number of halogens is 1. The van der Waals surface area contributed by atoms with Gasteiger partial charge in [0, 0.05) is 11.6 Å². The lowest BCUT2D eigenvalue weighted by molar-refractivity contribution is 0.0697. The molecule has 0 atom stereocenters. The quantitative estimate of drug-likeness (QED) is 0.698. The van der Waals surface area contributed by atoms with Crippen molar-refractivity contribution >= 4 is 27.6 Å². The van der Waals surface area contributed by atoms with Gasteiger partial charge in [-0.25, -0.2) is 17.9 Å². The predicted molar refractivity (Wildman–Crippen MR) is 90.2 cm³/mol. The molecule has 0 unspecified atom stereocenters. The van der Waals surface area contributed by atoms with Crippen molar-refractivity contribution in [2.75, 3.05) is 13.2 Å². The second-order valence-electron chi connectivity index (χ2n) is 4.88. The number of hydrogen-bond acceptors (Lipinski definition) is 4. The number of nitrogens with one attached hydrogen (secondary N) is 1. The molecule has 0 bridgehead atoms. The number of hydrogen-bond donors (Lipinski definition) is 2. The van der Waals surface area contributed by atoms with Crippen LogP contribution in [0.15, 0.2) is 53.4 Å². The molecule has 6 nitrogen and oxygen atoms in total. The van der Waals surface area contributed by atoms with Gasteiger partial charge < -0.3 is 9.84 Å². The van der Waals surface area contributed by atoms with Crippen molar-refractivity contribution in [3.05, 3.63) is 59.1 Å². The van der Waals surface area contributed by atoms with Crippen LogP contribution in [-0.2, 0) is 10.0 Å². The normalized spacial score (nSPS) is 11.2. The van der Waals surface area contributed by atoms with Gasteiger partial charge in [-0.2, -0.15) is 0 Å². The maximum Gasteiger partial charge on any atom is 0.335 e. The first kappa shape index (κ1) is 18.3. The smallest absolute Gasteiger partial charge is 0.335 e. The molecule has 0 aliphatic rings. The number of carbonyl (C=O) groups is 1. The van der Waals surface area contributed by atoms with Gasteiger partial charge >= 0.3 is 5.97 Å². The number of aromatic carboxylic acids is 1. The molecule has 2 N–H and O–H groups in total. The van der Waals surface area contributed by atoms with Crippen molar-refractivity contribution in [3.63, 3.8) is 0 Å². The van der Waals surface area contributed by atoms with Gasteiger partial charge in [-0.1, -0.05) is 11.6 Å². The molecular weight excluding hydrogens is 354 g/mol. The molecule has 0 spiro atoms. The lowest BCUT2D eigenvalue weighted by Crippen LogP contribution is -2.25. The van der Waals surface area contributed by atoms with E-state index in [2.05, 4.69) is 4.72 Å². The Kier molecular flexibility index (Phi) is 6.19. The van der Waals surface area contributed by atoms with E-state index in [1.807, 2.05) is 0 Å². The van der Waals surface area contributed by atoms with Crippen LogP contribution in [0.4, 0.5) is 0 Å². The van der Waals surface area contributed by atoms with Crippen LogP contribution in [0.5, 0.6) is 5.75 Å². The Labute approximate surface area is 145 Å². The van der Waals surface area contributed by atoms with Gasteiger partial charge in [0.15, 0.2) is 0 Å². The third kappa shape index (κ3) is 5.23. The molecule has 0 saturated heterocycles. The fourth-order valence-corrected chi connectivity index (χ4v) is 3.06. The Morgan fingerprint density at radius 1 is 1.08 bits per heavy atom. The predicted octanol–water partition coefficient (Wildman–Crippen LogP) is 2.79. The van der Waals surface area contributed by atoms with Gasteiger partial charge in [-0.05, 0) is 55.0 Å². The third-order valence-electron chi connectivity index (χ3n) is 3.11. The molecule has 0 radical (unpaired) electrons. The molecule has 0 heterocycles. The van der Waals surface area contributed by atoms with Crippen LogP contribution in [0, 0.1) is 0 Å². The molecular formula is C16H16ClNO5S. The van der Waals surface area contributed by atoms with Crippen LogP contribution in [-0.4, -0.2) is 32.6 Å². The zero-order valence-corrected chi connectivity index (χ0v) is 14.2. The summed E-state index contributed by atoms with van der Waals surface area (Å²) in [6.45, 7) is 0.522. The van der Waals surface area contributed by atoms with E-state index in [-0.39, 0.29) is 17.0 Å². The Bertz CT molecular complexity index is 788. The van der Waals surface area contributed by atoms with Gasteiger partial charge in [0.1, 0.15) is 5.75 Å². The molecule has 128 valence electrons. The van der Waals surface area contributed by atoms with Crippen molar-refractivity contribution in [1.82, 2.24) is 4.72 Å². The summed E-state index contributed by atoms with van der Waals surface area (Å²) in [6.07, 6.45) is 0.466. The van der Waals surface area contributed by atoms with Crippen LogP contribution in [0.3, 0.4) is 0 Å². The first-order chi connectivity index (χ1) is 11.4. The van der Waals surface area contributed by atoms with Crippen molar-refractivity contribution < 1.29 is 23.1 Å². The number of rotatable bonds is 8. The van der Waals surface area contributed by atoms with Gasteiger partial charge in [-0.15, -0.1) is 0 Å². The minimum Gasteiger partial charge on any atom is -0.494 e. The van der Waals surface area contributed by atoms with E-state index in [1.54, 1.807) is 12.1 Å². The summed E-state index contributed by atoms with van der Waals surface area (Å²) < 4.78 is 32.0. The lowest BCUT2D eigenvalue weighted by Gasteiger charge is -2.08. The van der Waals surface area contributed by atoms with Crippen LogP contribution < -0.4 is 9.46 Å². The average molecular weight is 370 g/mol. The summed E-state index contributed by atoms with van der Waals surface area (Å²) in [7, 11) is -3.57. The van der Waals surface area contributed by atoms with Crippen molar-refractivity contribution in [3.8, 4) is 5.75 Å². The third-order valence-corrected chi connectivity index (χ3v) is 4.84. The molecule has 0 saturated carbocycles. The largest absolute Gasteiger partial charge is 0.494 e. The molecule has 0 aromatic heterocycles. The molecule has 0 amide bonds. The Hall–Kier alpha value is -2.09. The second kappa shape index (κ2) is 8.14. The van der Waals surface area contributed by atoms with Crippen LogP contribution in [0.1, 0.15) is 16.8 Å². The number of ether oxygens (including phenoxy) is 1. The highest BCUT2D eigenvalue weighted by molar-refractivity contribution is 7.89. The van der Waals surface area contributed by atoms with Gasteiger partial charge in [0.05, 0.1) is 17.1 Å². The average Bonchev–Trinajstić information content (AvgIpc) is 2.55. The summed E-state index contributed by atoms with van der Waals surface area (Å²) in [5, 5.41) is 9.26. The number of benzene rings is 2. The Morgan fingerprint density at radius 2 is 1.71 bits per heavy atom. The highest BCUT2D eigenvalue weighted by Crippen LogP contribution is 2.14. The fraction of sp³-hybridized carbons (Fsp3) is 0.188. The van der Waals surface area contributed by atoms with E-state index in [0.717, 1.165) is 0 Å². The molecule has 0 aliphatic carbocycles. The highest BCUT2D eigenvalue weighted by atomic mass is 35.5. The first-order valence-corrected chi connectivity index (χ1v) is 8.96. The topological polar surface area (TPSA) is 92.7 Å². The minimum atomic E-state index is -3.57. The van der Waals surface area contributed by atoms with E-state index < -0.39 is 16.0 Å². The SMILES string of the molecule is O=C(O)c1ccc(OCCCNS(=O)(=O)c2ccc(Cl)cc2)cc1. The van der Waals surface area contributed by atoms with Crippen molar-refractivity contribution in [1.29, 1.82) is 0 Å². The van der Waals surface area contributed by atoms with E-state index in [1.165, 1.54) is 36.4 Å². The second-order valence-corrected chi connectivity index (χ2v) is 7.09. The summed E-state index contributed by atoms with van der Waals surface area (Å²) in [5.74, 6) is -0.473. The monoisotopic (exact) mass is 369 g/mol. The highest BCUT2D eigenvalue weighted by Gasteiger charge is 2.12. The van der Waals surface area contributed by atoms with Crippen LogP contribution in [0.25, 0.3) is 0 Å². The number of carboxylic acid groups (broad SMARTS) is 1. The molecule has 24 heavy (non-hydrogen) atoms. The lowest BCUT2D eigenvalue weighted by atomic mass is 10.2. The van der Waals surface area contributed by atoms with Crippen LogP contribution in [0.2, 0.25) is 5.02 Å². The summed E-state index contributed by atoms with van der Waals surface area (Å²) >= 11 is 5.73. The standard InChI is InChI=1S/C16H16ClNO5S/c17-13-4-8-15(9-5-13)24(21,22)18-10-1-11-23-14-6-2-12(3-7-14)16(19)20/h2-9,18H,1,10-11H2,(H,19,20). The van der Waals surface area contributed by atoms with Crippen molar-refractivity contribution in [2.24, 2.45) is 0 Å². The Balaban J connectivity index is 1.76. The van der Waals surface area contributed by atoms with Crippen LogP contribution >= 0.6 is 11.6 Å². The Morgan fingerprint density at radius 3 is 2.29 bits per heavy atom. The van der Waals surface area contributed by atoms with E-state index in [4.69, 9.17) is 21.4 Å². The van der Waals surface area contributed by atoms with Gasteiger partial charge in [-0.3, -0.25) is 0 Å². The number of sulfonamides is 1. The minimum absolute atomic E-state index is 0.150. The molecule has 0 aliphatic heterocycles. The van der Waals surface area contributed by atoms with E-state index in [9.17, 15) is 13.2 Å². The zero-order valence-electron chi connectivity index (χ0n) is 12.6. The molecule has 2 aromatic carbocycles. The summed E-state index contributed by atoms with van der Waals surface area (Å²) in [4.78, 5) is 10.9. The van der Waals surface area contributed by atoms with Crippen molar-refractivity contribution in [2.45, 2.75) is 11.3 Å². The first-order valence-electron chi connectivity index (χ1n) is 7.10. The van der Waals surface area contributed by atoms with Gasteiger partial charge in [0.25, 0.3) is 0 Å². The molecule has 2 aromatic rings. The summed E-state index contributed by atoms with van der Waals surface area (Å²) in [6, 6.07) is 11.9. The summed E-state index contributed by atoms with van der Waals surface area (Å²) in [5.41, 5.74) is 0.179. The fourth-order valence-electron chi connectivity index (χ4n) is 1.86. The maximum atomic E-state index is 12.0. The number of carboxylic acids is 1. The molecule has 2 rings (SSSR count). The van der Waals surface area contributed by atoms with E-state index in [0.29, 0.717) is 23.8 Å². The van der Waals surface area contributed by atoms with Gasteiger partial charge in [0.2, 0.25) is 10.0 Å². The maximum absolute atomic E-state index is 12.0.